The Labute approximate surface area is 200 Å². The minimum Gasteiger partial charge on any atom is -0.495 e. The second kappa shape index (κ2) is 10.3. The van der Waals surface area contributed by atoms with Gasteiger partial charge in [0.05, 0.1) is 23.4 Å². The fourth-order valence-electron chi connectivity index (χ4n) is 3.28. The van der Waals surface area contributed by atoms with Gasteiger partial charge in [-0.15, -0.1) is 0 Å². The molecule has 0 spiro atoms. The first-order valence-corrected chi connectivity index (χ1v) is 12.3. The van der Waals surface area contributed by atoms with Gasteiger partial charge in [0.25, 0.3) is 10.0 Å². The summed E-state index contributed by atoms with van der Waals surface area (Å²) in [6.45, 7) is 5.57. The third-order valence-electron chi connectivity index (χ3n) is 5.18. The van der Waals surface area contributed by atoms with Crippen molar-refractivity contribution in [2.45, 2.75) is 31.6 Å². The Morgan fingerprint density at radius 1 is 1.03 bits per heavy atom. The van der Waals surface area contributed by atoms with Crippen LogP contribution in [0.3, 0.4) is 0 Å². The van der Waals surface area contributed by atoms with Crippen LogP contribution in [0.1, 0.15) is 30.9 Å². The zero-order valence-electron chi connectivity index (χ0n) is 19.0. The molecule has 0 aliphatic carbocycles. The van der Waals surface area contributed by atoms with E-state index in [9.17, 15) is 13.2 Å². The Balaban J connectivity index is 1.97. The van der Waals surface area contributed by atoms with E-state index in [4.69, 9.17) is 16.3 Å². The summed E-state index contributed by atoms with van der Waals surface area (Å²) >= 11 is 6.05. The molecule has 0 saturated carbocycles. The fraction of sp³-hybridized carbons (Fsp3) is 0.240. The van der Waals surface area contributed by atoms with Gasteiger partial charge in [-0.3, -0.25) is 9.10 Å². The highest BCUT2D eigenvalue weighted by Crippen LogP contribution is 2.29. The smallest absolute Gasteiger partial charge is 0.264 e. The summed E-state index contributed by atoms with van der Waals surface area (Å²) in [6.07, 6.45) is 0. The van der Waals surface area contributed by atoms with Crippen LogP contribution in [0.15, 0.2) is 71.6 Å². The highest BCUT2D eigenvalue weighted by molar-refractivity contribution is 7.92. The Kier molecular flexibility index (Phi) is 7.66. The van der Waals surface area contributed by atoms with E-state index < -0.39 is 22.5 Å². The molecule has 33 heavy (non-hydrogen) atoms. The number of carbonyl (C=O) groups excluding carboxylic acids is 1. The lowest BCUT2D eigenvalue weighted by atomic mass is 10.0. The molecule has 0 aliphatic rings. The van der Waals surface area contributed by atoms with Crippen molar-refractivity contribution in [2.24, 2.45) is 0 Å². The molecule has 1 amide bonds. The van der Waals surface area contributed by atoms with Crippen LogP contribution >= 0.6 is 11.6 Å². The van der Waals surface area contributed by atoms with Gasteiger partial charge in [-0.2, -0.15) is 0 Å². The summed E-state index contributed by atoms with van der Waals surface area (Å²) in [4.78, 5) is 13.1. The second-order valence-electron chi connectivity index (χ2n) is 7.96. The van der Waals surface area contributed by atoms with Crippen molar-refractivity contribution < 1.29 is 17.9 Å². The van der Waals surface area contributed by atoms with E-state index in [1.54, 1.807) is 42.5 Å². The first-order chi connectivity index (χ1) is 15.6. The standard InChI is InChI=1S/C25H27ClN2O4S/c1-17(2)19-7-10-21(11-8-19)28(33(30,31)22-12-5-18(3)6-13-22)16-25(29)27-23-15-20(26)9-14-24(23)32-4/h5-15,17H,16H2,1-4H3,(H,27,29). The number of carbonyl (C=O) groups is 1. The molecule has 3 aromatic rings. The third-order valence-corrected chi connectivity index (χ3v) is 7.20. The molecule has 0 aliphatic heterocycles. The van der Waals surface area contributed by atoms with Crippen molar-refractivity contribution in [3.8, 4) is 5.75 Å². The lowest BCUT2D eigenvalue weighted by Gasteiger charge is -2.25. The molecule has 3 rings (SSSR count). The number of rotatable bonds is 8. The first-order valence-electron chi connectivity index (χ1n) is 10.4. The van der Waals surface area contributed by atoms with Crippen LogP contribution in [0.25, 0.3) is 0 Å². The quantitative estimate of drug-likeness (QED) is 0.448. The lowest BCUT2D eigenvalue weighted by Crippen LogP contribution is -2.38. The molecule has 0 saturated heterocycles. The number of hydrogen-bond donors (Lipinski definition) is 1. The molecule has 0 bridgehead atoms. The van der Waals surface area contributed by atoms with Crippen molar-refractivity contribution in [2.75, 3.05) is 23.3 Å². The van der Waals surface area contributed by atoms with Crippen LogP contribution in [-0.4, -0.2) is 28.0 Å². The zero-order chi connectivity index (χ0) is 24.2. The molecule has 0 atom stereocenters. The van der Waals surface area contributed by atoms with Crippen molar-refractivity contribution >= 4 is 38.9 Å². The molecule has 0 aromatic heterocycles. The van der Waals surface area contributed by atoms with Crippen LogP contribution in [0.2, 0.25) is 5.02 Å². The largest absolute Gasteiger partial charge is 0.495 e. The van der Waals surface area contributed by atoms with Gasteiger partial charge < -0.3 is 10.1 Å². The van der Waals surface area contributed by atoms with E-state index in [0.29, 0.717) is 28.1 Å². The molecular weight excluding hydrogens is 460 g/mol. The fourth-order valence-corrected chi connectivity index (χ4v) is 4.87. The van der Waals surface area contributed by atoms with Gasteiger partial charge in [0.15, 0.2) is 0 Å². The molecule has 0 radical (unpaired) electrons. The average Bonchev–Trinajstić information content (AvgIpc) is 2.78. The summed E-state index contributed by atoms with van der Waals surface area (Å²) in [5.41, 5.74) is 2.76. The van der Waals surface area contributed by atoms with Crippen LogP contribution in [0.4, 0.5) is 11.4 Å². The van der Waals surface area contributed by atoms with Gasteiger partial charge in [0.2, 0.25) is 5.91 Å². The van der Waals surface area contributed by atoms with Crippen LogP contribution in [0, 0.1) is 6.92 Å². The monoisotopic (exact) mass is 486 g/mol. The number of halogens is 1. The number of ether oxygens (including phenoxy) is 1. The predicted molar refractivity (Wildman–Crippen MR) is 133 cm³/mol. The topological polar surface area (TPSA) is 75.7 Å². The molecule has 174 valence electrons. The Hall–Kier alpha value is -3.03. The van der Waals surface area contributed by atoms with E-state index in [-0.39, 0.29) is 4.90 Å². The Morgan fingerprint density at radius 3 is 2.24 bits per heavy atom. The van der Waals surface area contributed by atoms with Crippen molar-refractivity contribution in [1.29, 1.82) is 0 Å². The average molecular weight is 487 g/mol. The zero-order valence-corrected chi connectivity index (χ0v) is 20.6. The van der Waals surface area contributed by atoms with Crippen LogP contribution in [0.5, 0.6) is 5.75 Å². The minimum atomic E-state index is -4.00. The molecule has 0 heterocycles. The van der Waals surface area contributed by atoms with Crippen molar-refractivity contribution in [1.82, 2.24) is 0 Å². The van der Waals surface area contributed by atoms with Gasteiger partial charge in [0.1, 0.15) is 12.3 Å². The number of nitrogens with zero attached hydrogens (tertiary/aromatic N) is 1. The normalized spacial score (nSPS) is 11.3. The second-order valence-corrected chi connectivity index (χ2v) is 10.3. The van der Waals surface area contributed by atoms with Crippen LogP contribution in [-0.2, 0) is 14.8 Å². The number of sulfonamides is 1. The highest BCUT2D eigenvalue weighted by atomic mass is 35.5. The van der Waals surface area contributed by atoms with E-state index in [1.807, 2.05) is 19.1 Å². The third kappa shape index (κ3) is 5.86. The number of benzene rings is 3. The summed E-state index contributed by atoms with van der Waals surface area (Å²) in [5.74, 6) is 0.181. The molecule has 0 fully saturated rings. The summed E-state index contributed by atoms with van der Waals surface area (Å²) in [6, 6.07) is 18.5. The number of hydrogen-bond acceptors (Lipinski definition) is 4. The predicted octanol–water partition coefficient (Wildman–Crippen LogP) is 5.61. The maximum atomic E-state index is 13.5. The van der Waals surface area contributed by atoms with E-state index in [0.717, 1.165) is 15.4 Å². The molecule has 8 heteroatoms. The number of aryl methyl sites for hydroxylation is 1. The Morgan fingerprint density at radius 2 is 1.67 bits per heavy atom. The minimum absolute atomic E-state index is 0.106. The van der Waals surface area contributed by atoms with Crippen molar-refractivity contribution in [3.63, 3.8) is 0 Å². The maximum absolute atomic E-state index is 13.5. The van der Waals surface area contributed by atoms with E-state index in [1.165, 1.54) is 19.2 Å². The van der Waals surface area contributed by atoms with E-state index in [2.05, 4.69) is 19.2 Å². The maximum Gasteiger partial charge on any atom is 0.264 e. The Bertz CT molecular complexity index is 1220. The highest BCUT2D eigenvalue weighted by Gasteiger charge is 2.27. The van der Waals surface area contributed by atoms with Crippen LogP contribution < -0.4 is 14.4 Å². The SMILES string of the molecule is COc1ccc(Cl)cc1NC(=O)CN(c1ccc(C(C)C)cc1)S(=O)(=O)c1ccc(C)cc1. The first kappa shape index (κ1) is 24.6. The van der Waals surface area contributed by atoms with E-state index >= 15 is 0 Å². The lowest BCUT2D eigenvalue weighted by molar-refractivity contribution is -0.114. The molecule has 6 nitrogen and oxygen atoms in total. The molecule has 3 aromatic carbocycles. The van der Waals surface area contributed by atoms with Gasteiger partial charge in [0, 0.05) is 5.02 Å². The molecular formula is C25H27ClN2O4S. The van der Waals surface area contributed by atoms with Gasteiger partial charge >= 0.3 is 0 Å². The number of nitrogens with one attached hydrogen (secondary N) is 1. The van der Waals surface area contributed by atoms with Gasteiger partial charge in [-0.25, -0.2) is 8.42 Å². The number of amides is 1. The summed E-state index contributed by atoms with van der Waals surface area (Å²) in [5, 5.41) is 3.13. The molecule has 0 unspecified atom stereocenters. The van der Waals surface area contributed by atoms with Gasteiger partial charge in [-0.1, -0.05) is 55.3 Å². The van der Waals surface area contributed by atoms with Gasteiger partial charge in [-0.05, 0) is 60.9 Å². The number of methoxy groups -OCH3 is 1. The molecule has 1 N–H and O–H groups in total. The van der Waals surface area contributed by atoms with Crippen molar-refractivity contribution in [3.05, 3.63) is 82.9 Å². The summed E-state index contributed by atoms with van der Waals surface area (Å²) < 4.78 is 33.4. The number of anilines is 2. The summed E-state index contributed by atoms with van der Waals surface area (Å²) in [7, 11) is -2.52.